The Morgan fingerprint density at radius 3 is 2.21 bits per heavy atom. The molecule has 1 saturated heterocycles. The molecular weight excluding hydrogens is 555 g/mol. The lowest BCUT2D eigenvalue weighted by Crippen LogP contribution is -2.47. The SMILES string of the molecule is CC(C)Oc1cc2nc(C3CN(C(c4ccccc4)c4ccccc4)C3)cn2cc1NC(=O)c1ncccc1C(F)(F)F. The van der Waals surface area contributed by atoms with Gasteiger partial charge in [0.1, 0.15) is 22.8 Å². The van der Waals surface area contributed by atoms with E-state index >= 15 is 0 Å². The molecule has 0 radical (unpaired) electrons. The highest BCUT2D eigenvalue weighted by atomic mass is 19.4. The monoisotopic (exact) mass is 585 g/mol. The number of carbonyl (C=O) groups is 1. The van der Waals surface area contributed by atoms with E-state index in [0.717, 1.165) is 37.1 Å². The molecule has 6 rings (SSSR count). The molecule has 0 aliphatic carbocycles. The van der Waals surface area contributed by atoms with Gasteiger partial charge in [0.15, 0.2) is 0 Å². The minimum Gasteiger partial charge on any atom is -0.489 e. The Bertz CT molecular complexity index is 1690. The van der Waals surface area contributed by atoms with E-state index in [1.165, 1.54) is 11.1 Å². The molecule has 0 unspecified atom stereocenters. The molecule has 2 aromatic carbocycles. The molecule has 220 valence electrons. The van der Waals surface area contributed by atoms with Crippen molar-refractivity contribution in [3.8, 4) is 5.75 Å². The summed E-state index contributed by atoms with van der Waals surface area (Å²) in [6, 6.07) is 24.6. The van der Waals surface area contributed by atoms with Gasteiger partial charge in [0.2, 0.25) is 0 Å². The van der Waals surface area contributed by atoms with Crippen LogP contribution in [0.2, 0.25) is 0 Å². The molecule has 4 heterocycles. The maximum atomic E-state index is 13.5. The molecule has 0 spiro atoms. The third-order valence-electron chi connectivity index (χ3n) is 7.44. The molecule has 1 fully saturated rings. The van der Waals surface area contributed by atoms with Crippen LogP contribution in [0.5, 0.6) is 5.75 Å². The number of aromatic nitrogens is 3. The number of benzene rings is 2. The van der Waals surface area contributed by atoms with E-state index in [1.54, 1.807) is 16.7 Å². The first-order valence-electron chi connectivity index (χ1n) is 14.0. The topological polar surface area (TPSA) is 71.8 Å². The summed E-state index contributed by atoms with van der Waals surface area (Å²) in [5, 5.41) is 2.58. The first kappa shape index (κ1) is 28.4. The molecule has 1 aliphatic rings. The Morgan fingerprint density at radius 1 is 0.953 bits per heavy atom. The predicted octanol–water partition coefficient (Wildman–Crippen LogP) is 6.98. The summed E-state index contributed by atoms with van der Waals surface area (Å²) in [5.74, 6) is -0.491. The van der Waals surface area contributed by atoms with Crippen LogP contribution in [0.4, 0.5) is 18.9 Å². The summed E-state index contributed by atoms with van der Waals surface area (Å²) < 4.78 is 48.3. The van der Waals surface area contributed by atoms with Gasteiger partial charge < -0.3 is 14.5 Å². The average molecular weight is 586 g/mol. The van der Waals surface area contributed by atoms with Crippen LogP contribution in [0.3, 0.4) is 0 Å². The quantitative estimate of drug-likeness (QED) is 0.213. The molecule has 0 saturated carbocycles. The zero-order valence-corrected chi connectivity index (χ0v) is 23.6. The van der Waals surface area contributed by atoms with Gasteiger partial charge in [0, 0.05) is 43.7 Å². The number of nitrogens with zero attached hydrogens (tertiary/aromatic N) is 4. The van der Waals surface area contributed by atoms with Gasteiger partial charge in [0.05, 0.1) is 23.4 Å². The van der Waals surface area contributed by atoms with Crippen LogP contribution in [0.15, 0.2) is 97.5 Å². The van der Waals surface area contributed by atoms with E-state index in [9.17, 15) is 18.0 Å². The number of amides is 1. The fraction of sp³-hybridized carbons (Fsp3) is 0.242. The number of pyridine rings is 2. The summed E-state index contributed by atoms with van der Waals surface area (Å²) in [6.07, 6.45) is -0.304. The number of rotatable bonds is 8. The second-order valence-electron chi connectivity index (χ2n) is 10.9. The van der Waals surface area contributed by atoms with Crippen molar-refractivity contribution in [3.63, 3.8) is 0 Å². The Balaban J connectivity index is 1.26. The molecule has 43 heavy (non-hydrogen) atoms. The summed E-state index contributed by atoms with van der Waals surface area (Å²) in [7, 11) is 0. The van der Waals surface area contributed by atoms with Gasteiger partial charge in [-0.25, -0.2) is 4.98 Å². The van der Waals surface area contributed by atoms with Gasteiger partial charge in [-0.15, -0.1) is 0 Å². The Morgan fingerprint density at radius 2 is 1.60 bits per heavy atom. The number of likely N-dealkylation sites (tertiary alicyclic amines) is 1. The minimum atomic E-state index is -4.72. The van der Waals surface area contributed by atoms with Crippen molar-refractivity contribution in [2.75, 3.05) is 18.4 Å². The van der Waals surface area contributed by atoms with E-state index < -0.39 is 23.3 Å². The molecule has 1 N–H and O–H groups in total. The van der Waals surface area contributed by atoms with E-state index in [1.807, 2.05) is 32.2 Å². The zero-order valence-electron chi connectivity index (χ0n) is 23.6. The van der Waals surface area contributed by atoms with Crippen LogP contribution in [-0.2, 0) is 6.18 Å². The van der Waals surface area contributed by atoms with Crippen molar-refractivity contribution in [1.29, 1.82) is 0 Å². The first-order chi connectivity index (χ1) is 20.7. The minimum absolute atomic E-state index is 0.122. The number of hydrogen-bond donors (Lipinski definition) is 1. The van der Waals surface area contributed by atoms with Gasteiger partial charge in [-0.2, -0.15) is 13.2 Å². The molecule has 1 aliphatic heterocycles. The predicted molar refractivity (Wildman–Crippen MR) is 157 cm³/mol. The second-order valence-corrected chi connectivity index (χ2v) is 10.9. The van der Waals surface area contributed by atoms with Crippen molar-refractivity contribution < 1.29 is 22.7 Å². The molecular formula is C33H30F3N5O2. The van der Waals surface area contributed by atoms with Gasteiger partial charge in [-0.05, 0) is 37.1 Å². The van der Waals surface area contributed by atoms with Crippen LogP contribution in [0.25, 0.3) is 5.65 Å². The molecule has 0 atom stereocenters. The fourth-order valence-corrected chi connectivity index (χ4v) is 5.47. The molecule has 1 amide bonds. The molecule has 5 aromatic rings. The van der Waals surface area contributed by atoms with Crippen molar-refractivity contribution in [2.45, 2.75) is 38.1 Å². The van der Waals surface area contributed by atoms with E-state index in [2.05, 4.69) is 63.7 Å². The Hall–Kier alpha value is -4.70. The van der Waals surface area contributed by atoms with Crippen LogP contribution in [-0.4, -0.2) is 44.4 Å². The van der Waals surface area contributed by atoms with E-state index in [0.29, 0.717) is 11.4 Å². The lowest BCUT2D eigenvalue weighted by molar-refractivity contribution is -0.138. The molecule has 0 bridgehead atoms. The lowest BCUT2D eigenvalue weighted by atomic mass is 9.89. The normalized spacial score (nSPS) is 14.3. The number of imidazole rings is 1. The van der Waals surface area contributed by atoms with Crippen LogP contribution < -0.4 is 10.1 Å². The number of fused-ring (bicyclic) bond motifs is 1. The number of anilines is 1. The Kier molecular flexibility index (Phi) is 7.62. The highest BCUT2D eigenvalue weighted by Crippen LogP contribution is 2.39. The number of halogens is 3. The number of ether oxygens (including phenoxy) is 1. The van der Waals surface area contributed by atoms with Gasteiger partial charge in [-0.1, -0.05) is 60.7 Å². The molecule has 3 aromatic heterocycles. The smallest absolute Gasteiger partial charge is 0.418 e. The maximum Gasteiger partial charge on any atom is 0.418 e. The molecule has 7 nitrogen and oxygen atoms in total. The largest absolute Gasteiger partial charge is 0.489 e. The zero-order chi connectivity index (χ0) is 30.1. The number of alkyl halides is 3. The highest BCUT2D eigenvalue weighted by Gasteiger charge is 2.37. The van der Waals surface area contributed by atoms with Crippen LogP contribution in [0, 0.1) is 0 Å². The summed E-state index contributed by atoms with van der Waals surface area (Å²) in [6.45, 7) is 5.26. The number of carbonyl (C=O) groups excluding carboxylic acids is 1. The fourth-order valence-electron chi connectivity index (χ4n) is 5.47. The van der Waals surface area contributed by atoms with Crippen LogP contribution in [0.1, 0.15) is 58.7 Å². The Labute approximate surface area is 247 Å². The standard InChI is InChI=1S/C33H30F3N5O2/c1-21(2)43-28-16-29-38-26(19-40(29)20-27(28)39-32(42)30-25(33(34,35)36)14-9-15-37-30)24-17-41(18-24)31(22-10-5-3-6-11-22)23-12-7-4-8-13-23/h3-16,19-21,24,31H,17-18H2,1-2H3,(H,39,42). The van der Waals surface area contributed by atoms with Crippen molar-refractivity contribution >= 4 is 17.2 Å². The number of hydrogen-bond acceptors (Lipinski definition) is 5. The second kappa shape index (κ2) is 11.5. The van der Waals surface area contributed by atoms with Crippen LogP contribution >= 0.6 is 0 Å². The lowest BCUT2D eigenvalue weighted by Gasteiger charge is -2.44. The average Bonchev–Trinajstić information content (AvgIpc) is 3.37. The summed E-state index contributed by atoms with van der Waals surface area (Å²) in [4.78, 5) is 24.0. The van der Waals surface area contributed by atoms with Crippen molar-refractivity contribution in [3.05, 3.63) is 126 Å². The number of nitrogens with one attached hydrogen (secondary N) is 1. The molecule has 10 heteroatoms. The van der Waals surface area contributed by atoms with Gasteiger partial charge in [-0.3, -0.25) is 14.7 Å². The van der Waals surface area contributed by atoms with E-state index in [4.69, 9.17) is 9.72 Å². The third kappa shape index (κ3) is 5.96. The highest BCUT2D eigenvalue weighted by molar-refractivity contribution is 6.04. The third-order valence-corrected chi connectivity index (χ3v) is 7.44. The van der Waals surface area contributed by atoms with Crippen molar-refractivity contribution in [1.82, 2.24) is 19.3 Å². The summed E-state index contributed by atoms with van der Waals surface area (Å²) >= 11 is 0. The van der Waals surface area contributed by atoms with Gasteiger partial charge >= 0.3 is 6.18 Å². The van der Waals surface area contributed by atoms with Crippen molar-refractivity contribution in [2.24, 2.45) is 0 Å². The summed E-state index contributed by atoms with van der Waals surface area (Å²) in [5.41, 5.74) is 2.34. The first-order valence-corrected chi connectivity index (χ1v) is 14.0. The van der Waals surface area contributed by atoms with Gasteiger partial charge in [0.25, 0.3) is 5.91 Å². The maximum absolute atomic E-state index is 13.5. The van der Waals surface area contributed by atoms with E-state index in [-0.39, 0.29) is 23.8 Å².